The van der Waals surface area contributed by atoms with Gasteiger partial charge in [-0.2, -0.15) is 0 Å². The van der Waals surface area contributed by atoms with Gasteiger partial charge in [0.25, 0.3) is 0 Å². The van der Waals surface area contributed by atoms with Crippen molar-refractivity contribution in [3.8, 4) is 0 Å². The van der Waals surface area contributed by atoms with Gasteiger partial charge in [-0.25, -0.2) is 0 Å². The van der Waals surface area contributed by atoms with Crippen LogP contribution >= 0.6 is 0 Å². The minimum absolute atomic E-state index is 0.0254. The predicted molar refractivity (Wildman–Crippen MR) is 375 cm³/mol. The van der Waals surface area contributed by atoms with E-state index in [1.807, 2.05) is 0 Å². The SMILES string of the molecule is CCCCCCCCCCCCCCCCCCCCCC(=O)OCCCCCCCCCCCCCCCCCCCCCCCCCCCCCCCCCCC(=O)NC(CO)C(O)CCCCCCCCCCCCCCCCCCC. The molecule has 508 valence electrons. The number of aliphatic hydroxyl groups is 2. The molecule has 0 aliphatic rings. The van der Waals surface area contributed by atoms with Crippen molar-refractivity contribution in [2.45, 2.75) is 482 Å². The number of amides is 1. The molecule has 0 aliphatic carbocycles. The molecule has 0 aromatic rings. The van der Waals surface area contributed by atoms with Crippen LogP contribution in [0.2, 0.25) is 0 Å². The smallest absolute Gasteiger partial charge is 0.305 e. The maximum absolute atomic E-state index is 12.5. The Bertz CT molecular complexity index is 1240. The summed E-state index contributed by atoms with van der Waals surface area (Å²) < 4.78 is 5.52. The van der Waals surface area contributed by atoms with Gasteiger partial charge in [-0.3, -0.25) is 9.59 Å². The van der Waals surface area contributed by atoms with E-state index in [2.05, 4.69) is 19.2 Å². The van der Waals surface area contributed by atoms with Gasteiger partial charge in [0.15, 0.2) is 0 Å². The summed E-state index contributed by atoms with van der Waals surface area (Å²) in [7, 11) is 0. The van der Waals surface area contributed by atoms with Crippen molar-refractivity contribution >= 4 is 11.9 Å². The Kier molecular flexibility index (Phi) is 74.3. The number of carbonyl (C=O) groups excluding carboxylic acids is 2. The van der Waals surface area contributed by atoms with E-state index in [-0.39, 0.29) is 18.5 Å². The highest BCUT2D eigenvalue weighted by Crippen LogP contribution is 2.21. The second kappa shape index (κ2) is 75.3. The van der Waals surface area contributed by atoms with Crippen LogP contribution < -0.4 is 5.32 Å². The van der Waals surface area contributed by atoms with E-state index in [1.165, 1.54) is 398 Å². The first-order valence-electron chi connectivity index (χ1n) is 39.8. The number of hydrogen-bond acceptors (Lipinski definition) is 5. The van der Waals surface area contributed by atoms with Crippen LogP contribution in [-0.2, 0) is 14.3 Å². The molecule has 0 radical (unpaired) electrons. The first kappa shape index (κ1) is 83.9. The molecule has 0 aromatic carbocycles. The Balaban J connectivity index is 3.29. The Morgan fingerprint density at radius 1 is 0.282 bits per heavy atom. The van der Waals surface area contributed by atoms with E-state index in [0.717, 1.165) is 38.5 Å². The van der Waals surface area contributed by atoms with Gasteiger partial charge in [0, 0.05) is 12.8 Å². The summed E-state index contributed by atoms with van der Waals surface area (Å²) in [6.45, 7) is 5.02. The van der Waals surface area contributed by atoms with Gasteiger partial charge >= 0.3 is 5.97 Å². The highest BCUT2D eigenvalue weighted by Gasteiger charge is 2.20. The molecular weight excluding hydrogens is 1040 g/mol. The summed E-state index contributed by atoms with van der Waals surface area (Å²) >= 11 is 0. The number of nitrogens with one attached hydrogen (secondary N) is 1. The van der Waals surface area contributed by atoms with Gasteiger partial charge in [0.05, 0.1) is 25.4 Å². The zero-order valence-corrected chi connectivity index (χ0v) is 58.4. The first-order valence-corrected chi connectivity index (χ1v) is 39.8. The lowest BCUT2D eigenvalue weighted by Gasteiger charge is -2.22. The van der Waals surface area contributed by atoms with E-state index < -0.39 is 12.1 Å². The fourth-order valence-corrected chi connectivity index (χ4v) is 13.1. The second-order valence-electron chi connectivity index (χ2n) is 27.8. The maximum atomic E-state index is 12.5. The van der Waals surface area contributed by atoms with Gasteiger partial charge in [-0.1, -0.05) is 431 Å². The summed E-state index contributed by atoms with van der Waals surface area (Å²) in [6.07, 6.45) is 93.4. The summed E-state index contributed by atoms with van der Waals surface area (Å²) in [5, 5.41) is 23.4. The zero-order chi connectivity index (χ0) is 61.3. The number of aliphatic hydroxyl groups excluding tert-OH is 2. The number of ether oxygens (including phenoxy) is 1. The van der Waals surface area contributed by atoms with E-state index >= 15 is 0 Å². The third-order valence-electron chi connectivity index (χ3n) is 19.2. The van der Waals surface area contributed by atoms with Gasteiger partial charge < -0.3 is 20.3 Å². The third kappa shape index (κ3) is 71.8. The van der Waals surface area contributed by atoms with Crippen LogP contribution in [0.5, 0.6) is 0 Å². The van der Waals surface area contributed by atoms with Crippen molar-refractivity contribution in [2.75, 3.05) is 13.2 Å². The van der Waals surface area contributed by atoms with Crippen LogP contribution in [0.1, 0.15) is 470 Å². The van der Waals surface area contributed by atoms with Crippen molar-refractivity contribution in [2.24, 2.45) is 0 Å². The third-order valence-corrected chi connectivity index (χ3v) is 19.2. The molecule has 2 atom stereocenters. The second-order valence-corrected chi connectivity index (χ2v) is 27.8. The average molecular weight is 1200 g/mol. The average Bonchev–Trinajstić information content (AvgIpc) is 3.51. The normalized spacial score (nSPS) is 12.4. The number of carbonyl (C=O) groups is 2. The summed E-state index contributed by atoms with van der Waals surface area (Å²) in [5.74, 6) is 0.00219. The fraction of sp³-hybridized carbons (Fsp3) is 0.975. The summed E-state index contributed by atoms with van der Waals surface area (Å²) in [4.78, 5) is 24.7. The van der Waals surface area contributed by atoms with E-state index in [4.69, 9.17) is 4.74 Å². The number of hydrogen-bond donors (Lipinski definition) is 3. The van der Waals surface area contributed by atoms with Crippen molar-refractivity contribution in [3.63, 3.8) is 0 Å². The van der Waals surface area contributed by atoms with Crippen LogP contribution in [0.15, 0.2) is 0 Å². The largest absolute Gasteiger partial charge is 0.466 e. The topological polar surface area (TPSA) is 95.9 Å². The molecule has 85 heavy (non-hydrogen) atoms. The molecule has 1 amide bonds. The maximum Gasteiger partial charge on any atom is 0.305 e. The lowest BCUT2D eigenvalue weighted by Crippen LogP contribution is -2.45. The highest BCUT2D eigenvalue weighted by atomic mass is 16.5. The molecule has 0 aliphatic heterocycles. The molecule has 0 saturated heterocycles. The molecule has 2 unspecified atom stereocenters. The van der Waals surface area contributed by atoms with Crippen molar-refractivity contribution < 1.29 is 24.5 Å². The molecule has 0 bridgehead atoms. The number of rotatable bonds is 76. The van der Waals surface area contributed by atoms with Crippen molar-refractivity contribution in [1.29, 1.82) is 0 Å². The Labute approximate surface area is 534 Å². The summed E-state index contributed by atoms with van der Waals surface area (Å²) in [5.41, 5.74) is 0. The molecule has 0 aromatic heterocycles. The van der Waals surface area contributed by atoms with Gasteiger partial charge in [-0.05, 0) is 25.7 Å². The standard InChI is InChI=1S/C79H157NO5/c1-3-5-7-9-11-13-15-17-19-21-36-41-45-49-53-57-61-65-69-73-79(84)85-74-70-66-62-58-54-50-46-42-38-35-33-31-29-27-25-23-22-24-26-28-30-32-34-37-40-44-48-52-56-60-64-68-72-78(83)80-76(75-81)77(82)71-67-63-59-55-51-47-43-39-20-18-16-14-12-10-8-6-4-2/h76-77,81-82H,3-75H2,1-2H3,(H,80,83). The molecule has 6 heteroatoms. The van der Waals surface area contributed by atoms with Crippen LogP contribution in [0.4, 0.5) is 0 Å². The fourth-order valence-electron chi connectivity index (χ4n) is 13.1. The number of esters is 1. The Morgan fingerprint density at radius 2 is 0.482 bits per heavy atom. The van der Waals surface area contributed by atoms with Gasteiger partial charge in [-0.15, -0.1) is 0 Å². The summed E-state index contributed by atoms with van der Waals surface area (Å²) in [6, 6.07) is -0.537. The molecule has 0 spiro atoms. The van der Waals surface area contributed by atoms with Crippen molar-refractivity contribution in [1.82, 2.24) is 5.32 Å². The minimum atomic E-state index is -0.660. The van der Waals surface area contributed by atoms with Crippen LogP contribution in [0.25, 0.3) is 0 Å². The van der Waals surface area contributed by atoms with Crippen molar-refractivity contribution in [3.05, 3.63) is 0 Å². The Hall–Kier alpha value is -1.14. The Morgan fingerprint density at radius 3 is 0.718 bits per heavy atom. The van der Waals surface area contributed by atoms with E-state index in [1.54, 1.807) is 0 Å². The predicted octanol–water partition coefficient (Wildman–Crippen LogP) is 26.1. The van der Waals surface area contributed by atoms with E-state index in [0.29, 0.717) is 25.9 Å². The minimum Gasteiger partial charge on any atom is -0.466 e. The lowest BCUT2D eigenvalue weighted by molar-refractivity contribution is -0.143. The zero-order valence-electron chi connectivity index (χ0n) is 58.4. The van der Waals surface area contributed by atoms with Crippen LogP contribution in [0, 0.1) is 0 Å². The molecule has 0 fully saturated rings. The molecule has 0 saturated carbocycles. The quantitative estimate of drug-likeness (QED) is 0.0417. The van der Waals surface area contributed by atoms with Gasteiger partial charge in [0.1, 0.15) is 0 Å². The molecule has 0 rings (SSSR count). The van der Waals surface area contributed by atoms with E-state index in [9.17, 15) is 19.8 Å². The first-order chi connectivity index (χ1) is 42.0. The highest BCUT2D eigenvalue weighted by molar-refractivity contribution is 5.76. The van der Waals surface area contributed by atoms with Crippen LogP contribution in [-0.4, -0.2) is 47.4 Å². The molecule has 3 N–H and O–H groups in total. The monoisotopic (exact) mass is 1200 g/mol. The lowest BCUT2D eigenvalue weighted by atomic mass is 10.0. The molecule has 6 nitrogen and oxygen atoms in total. The van der Waals surface area contributed by atoms with Gasteiger partial charge in [0.2, 0.25) is 5.91 Å². The molecule has 0 heterocycles. The number of unbranched alkanes of at least 4 members (excludes halogenated alkanes) is 65. The molecular formula is C79H157NO5. The van der Waals surface area contributed by atoms with Crippen LogP contribution in [0.3, 0.4) is 0 Å².